The highest BCUT2D eigenvalue weighted by atomic mass is 16.5. The number of pyridine rings is 1. The third-order valence-corrected chi connectivity index (χ3v) is 6.24. The molecule has 7 nitrogen and oxygen atoms in total. The molecular formula is C32H31N3O4. The SMILES string of the molecule is C[C@@H](OCc1ccccc1)C(=O)N[C@H](Cc1ccccc1)C(=O)C(=O)NC(c1ccccc1)c1ccccn1. The number of hydrogen-bond donors (Lipinski definition) is 2. The Kier molecular flexibility index (Phi) is 9.69. The lowest BCUT2D eigenvalue weighted by Gasteiger charge is -2.23. The molecule has 0 aliphatic rings. The van der Waals surface area contributed by atoms with E-state index in [0.717, 1.165) is 16.7 Å². The van der Waals surface area contributed by atoms with Gasteiger partial charge in [0.25, 0.3) is 5.91 Å². The summed E-state index contributed by atoms with van der Waals surface area (Å²) in [6, 6.07) is 31.7. The predicted octanol–water partition coefficient (Wildman–Crippen LogP) is 4.19. The summed E-state index contributed by atoms with van der Waals surface area (Å²) >= 11 is 0. The summed E-state index contributed by atoms with van der Waals surface area (Å²) < 4.78 is 5.73. The van der Waals surface area contributed by atoms with Crippen LogP contribution < -0.4 is 10.6 Å². The minimum absolute atomic E-state index is 0.157. The lowest BCUT2D eigenvalue weighted by Crippen LogP contribution is -2.51. The zero-order valence-electron chi connectivity index (χ0n) is 21.7. The Morgan fingerprint density at radius 3 is 1.95 bits per heavy atom. The van der Waals surface area contributed by atoms with Crippen molar-refractivity contribution < 1.29 is 19.1 Å². The number of hydrogen-bond acceptors (Lipinski definition) is 5. The van der Waals surface area contributed by atoms with Gasteiger partial charge < -0.3 is 15.4 Å². The lowest BCUT2D eigenvalue weighted by atomic mass is 9.99. The van der Waals surface area contributed by atoms with Crippen molar-refractivity contribution in [1.29, 1.82) is 0 Å². The van der Waals surface area contributed by atoms with Gasteiger partial charge in [0.15, 0.2) is 0 Å². The van der Waals surface area contributed by atoms with Crippen molar-refractivity contribution in [3.63, 3.8) is 0 Å². The van der Waals surface area contributed by atoms with Gasteiger partial charge in [0.1, 0.15) is 12.1 Å². The number of ketones is 1. The Bertz CT molecular complexity index is 1310. The Hall–Kier alpha value is -4.62. The summed E-state index contributed by atoms with van der Waals surface area (Å²) in [6.07, 6.45) is 0.961. The smallest absolute Gasteiger partial charge is 0.290 e. The molecule has 0 spiro atoms. The normalized spacial score (nSPS) is 13.1. The fourth-order valence-electron chi connectivity index (χ4n) is 4.10. The highest BCUT2D eigenvalue weighted by molar-refractivity contribution is 6.38. The van der Waals surface area contributed by atoms with E-state index >= 15 is 0 Å². The summed E-state index contributed by atoms with van der Waals surface area (Å²) in [7, 11) is 0. The maximum absolute atomic E-state index is 13.5. The molecule has 0 aliphatic heterocycles. The minimum atomic E-state index is -1.08. The molecular weight excluding hydrogens is 490 g/mol. The van der Waals surface area contributed by atoms with Crippen LogP contribution in [-0.4, -0.2) is 34.7 Å². The van der Waals surface area contributed by atoms with E-state index in [9.17, 15) is 14.4 Å². The van der Waals surface area contributed by atoms with Crippen molar-refractivity contribution in [3.8, 4) is 0 Å². The molecule has 0 aliphatic carbocycles. The number of carbonyl (C=O) groups is 3. The van der Waals surface area contributed by atoms with Gasteiger partial charge in [-0.3, -0.25) is 19.4 Å². The molecule has 0 fully saturated rings. The minimum Gasteiger partial charge on any atom is -0.364 e. The molecule has 0 saturated carbocycles. The number of amides is 2. The third kappa shape index (κ3) is 7.93. The summed E-state index contributed by atoms with van der Waals surface area (Å²) in [5.41, 5.74) is 3.11. The monoisotopic (exact) mass is 521 g/mol. The summed E-state index contributed by atoms with van der Waals surface area (Å²) in [6.45, 7) is 1.87. The van der Waals surface area contributed by atoms with Crippen molar-refractivity contribution in [1.82, 2.24) is 15.6 Å². The lowest BCUT2D eigenvalue weighted by molar-refractivity contribution is -0.142. The van der Waals surface area contributed by atoms with Crippen LogP contribution in [0.15, 0.2) is 115 Å². The molecule has 39 heavy (non-hydrogen) atoms. The molecule has 3 atom stereocenters. The maximum Gasteiger partial charge on any atom is 0.290 e. The number of nitrogens with zero attached hydrogens (tertiary/aromatic N) is 1. The molecule has 4 aromatic rings. The summed E-state index contributed by atoms with van der Waals surface area (Å²) in [5, 5.41) is 5.58. The Labute approximate surface area is 228 Å². The molecule has 2 N–H and O–H groups in total. The van der Waals surface area contributed by atoms with Crippen molar-refractivity contribution in [3.05, 3.63) is 138 Å². The van der Waals surface area contributed by atoms with E-state index in [2.05, 4.69) is 15.6 Å². The maximum atomic E-state index is 13.5. The molecule has 0 radical (unpaired) electrons. The number of ether oxygens (including phenoxy) is 1. The first kappa shape index (κ1) is 27.4. The first-order valence-corrected chi connectivity index (χ1v) is 12.8. The number of rotatable bonds is 12. The summed E-state index contributed by atoms with van der Waals surface area (Å²) in [5.74, 6) is -2.04. The molecule has 0 bridgehead atoms. The predicted molar refractivity (Wildman–Crippen MR) is 148 cm³/mol. The fourth-order valence-corrected chi connectivity index (χ4v) is 4.10. The zero-order valence-corrected chi connectivity index (χ0v) is 21.7. The van der Waals surface area contributed by atoms with Crippen molar-refractivity contribution >= 4 is 17.6 Å². The molecule has 3 aromatic carbocycles. The van der Waals surface area contributed by atoms with Gasteiger partial charge in [-0.25, -0.2) is 0 Å². The fraction of sp³-hybridized carbons (Fsp3) is 0.188. The van der Waals surface area contributed by atoms with Gasteiger partial charge >= 0.3 is 0 Å². The van der Waals surface area contributed by atoms with Gasteiger partial charge in [0, 0.05) is 12.6 Å². The van der Waals surface area contributed by atoms with Crippen LogP contribution in [0.4, 0.5) is 0 Å². The highest BCUT2D eigenvalue weighted by Gasteiger charge is 2.31. The van der Waals surface area contributed by atoms with Crippen LogP contribution in [-0.2, 0) is 32.1 Å². The van der Waals surface area contributed by atoms with E-state index in [-0.39, 0.29) is 13.0 Å². The van der Waals surface area contributed by atoms with E-state index in [0.29, 0.717) is 5.69 Å². The standard InChI is InChI=1S/C32H31N3O4/c1-23(39-22-25-15-7-3-8-16-25)31(37)34-28(21-24-13-5-2-6-14-24)30(36)32(38)35-29(26-17-9-4-10-18-26)27-19-11-12-20-33-27/h2-20,23,28-29H,21-22H2,1H3,(H,34,37)(H,35,38)/t23-,28-,29?/m1/s1. The Morgan fingerprint density at radius 1 is 0.744 bits per heavy atom. The molecule has 1 heterocycles. The quantitative estimate of drug-likeness (QED) is 0.273. The number of nitrogens with one attached hydrogen (secondary N) is 2. The van der Waals surface area contributed by atoms with Gasteiger partial charge in [-0.15, -0.1) is 0 Å². The second kappa shape index (κ2) is 13.8. The van der Waals surface area contributed by atoms with Crippen LogP contribution in [0.25, 0.3) is 0 Å². The first-order chi connectivity index (χ1) is 19.0. The average Bonchev–Trinajstić information content (AvgIpc) is 2.99. The van der Waals surface area contributed by atoms with E-state index < -0.39 is 35.8 Å². The first-order valence-electron chi connectivity index (χ1n) is 12.8. The van der Waals surface area contributed by atoms with Gasteiger partial charge in [-0.2, -0.15) is 0 Å². The Morgan fingerprint density at radius 2 is 1.33 bits per heavy atom. The number of benzene rings is 3. The van der Waals surface area contributed by atoms with Crippen LogP contribution in [0.5, 0.6) is 0 Å². The van der Waals surface area contributed by atoms with Gasteiger partial charge in [-0.05, 0) is 35.7 Å². The molecule has 0 saturated heterocycles. The molecule has 198 valence electrons. The highest BCUT2D eigenvalue weighted by Crippen LogP contribution is 2.20. The second-order valence-corrected chi connectivity index (χ2v) is 9.13. The van der Waals surface area contributed by atoms with Crippen molar-refractivity contribution in [2.75, 3.05) is 0 Å². The van der Waals surface area contributed by atoms with E-state index in [1.165, 1.54) is 0 Å². The number of aromatic nitrogens is 1. The van der Waals surface area contributed by atoms with Crippen LogP contribution in [0, 0.1) is 0 Å². The third-order valence-electron chi connectivity index (χ3n) is 6.24. The summed E-state index contributed by atoms with van der Waals surface area (Å²) in [4.78, 5) is 44.2. The van der Waals surface area contributed by atoms with Gasteiger partial charge in [-0.1, -0.05) is 97.1 Å². The topological polar surface area (TPSA) is 97.4 Å². The average molecular weight is 522 g/mol. The second-order valence-electron chi connectivity index (χ2n) is 9.13. The molecule has 1 aromatic heterocycles. The van der Waals surface area contributed by atoms with E-state index in [4.69, 9.17) is 4.74 Å². The number of carbonyl (C=O) groups excluding carboxylic acids is 3. The van der Waals surface area contributed by atoms with Crippen LogP contribution >= 0.6 is 0 Å². The van der Waals surface area contributed by atoms with E-state index in [1.807, 2.05) is 97.1 Å². The van der Waals surface area contributed by atoms with Crippen LogP contribution in [0.2, 0.25) is 0 Å². The van der Waals surface area contributed by atoms with Gasteiger partial charge in [0.2, 0.25) is 11.7 Å². The largest absolute Gasteiger partial charge is 0.364 e. The van der Waals surface area contributed by atoms with E-state index in [1.54, 1.807) is 25.3 Å². The zero-order chi connectivity index (χ0) is 27.5. The van der Waals surface area contributed by atoms with Crippen LogP contribution in [0.1, 0.15) is 35.3 Å². The number of Topliss-reactive ketones (excluding diaryl/α,β-unsaturated/α-hetero) is 1. The molecule has 1 unspecified atom stereocenters. The Balaban J connectivity index is 1.50. The molecule has 4 rings (SSSR count). The van der Waals surface area contributed by atoms with Crippen LogP contribution in [0.3, 0.4) is 0 Å². The molecule has 2 amide bonds. The van der Waals surface area contributed by atoms with Crippen molar-refractivity contribution in [2.24, 2.45) is 0 Å². The van der Waals surface area contributed by atoms with Gasteiger partial charge in [0.05, 0.1) is 18.3 Å². The molecule has 7 heteroatoms. The van der Waals surface area contributed by atoms with Crippen molar-refractivity contribution in [2.45, 2.75) is 38.1 Å².